The lowest BCUT2D eigenvalue weighted by Gasteiger charge is -2.36. The van der Waals surface area contributed by atoms with Gasteiger partial charge in [-0.3, -0.25) is 14.7 Å². The molecule has 2 aromatic carbocycles. The van der Waals surface area contributed by atoms with Crippen molar-refractivity contribution in [2.45, 2.75) is 16.7 Å². The van der Waals surface area contributed by atoms with Crippen molar-refractivity contribution in [2.24, 2.45) is 4.99 Å². The summed E-state index contributed by atoms with van der Waals surface area (Å²) in [5, 5.41) is 0. The topological polar surface area (TPSA) is 54.4 Å². The fourth-order valence-electron chi connectivity index (χ4n) is 3.68. The van der Waals surface area contributed by atoms with E-state index in [1.165, 1.54) is 28.0 Å². The molecule has 2 aromatic rings. The van der Waals surface area contributed by atoms with Crippen LogP contribution >= 0.6 is 11.8 Å². The fraction of sp³-hybridized carbons (Fsp3) is 0.391. The highest BCUT2D eigenvalue weighted by Gasteiger charge is 2.21. The van der Waals surface area contributed by atoms with Gasteiger partial charge in [-0.1, -0.05) is 30.0 Å². The molecule has 0 N–H and O–H groups in total. The van der Waals surface area contributed by atoms with Crippen LogP contribution in [0.25, 0.3) is 0 Å². The predicted octanol–water partition coefficient (Wildman–Crippen LogP) is 3.60. The normalized spacial score (nSPS) is 16.0. The molecule has 0 aromatic heterocycles. The lowest BCUT2D eigenvalue weighted by Crippen LogP contribution is -2.47. The molecule has 1 fully saturated rings. The summed E-state index contributed by atoms with van der Waals surface area (Å²) < 4.78 is 10.4. The molecule has 0 spiro atoms. The van der Waals surface area contributed by atoms with E-state index in [0.29, 0.717) is 19.8 Å². The smallest absolute Gasteiger partial charge is 0.302 e. The van der Waals surface area contributed by atoms with Crippen molar-refractivity contribution in [2.75, 3.05) is 57.4 Å². The minimum Gasteiger partial charge on any atom is -0.463 e. The highest BCUT2D eigenvalue weighted by Crippen LogP contribution is 2.41. The number of aliphatic imine (C=N–C) groups is 1. The van der Waals surface area contributed by atoms with E-state index in [4.69, 9.17) is 14.5 Å². The number of para-hydroxylation sites is 1. The zero-order chi connectivity index (χ0) is 20.8. The van der Waals surface area contributed by atoms with E-state index < -0.39 is 0 Å². The molecule has 0 bridgehead atoms. The third-order valence-electron chi connectivity index (χ3n) is 5.26. The van der Waals surface area contributed by atoms with E-state index in [-0.39, 0.29) is 5.97 Å². The summed E-state index contributed by atoms with van der Waals surface area (Å²) in [5.74, 6) is -0.263. The summed E-state index contributed by atoms with van der Waals surface area (Å²) in [4.78, 5) is 22.8. The largest absolute Gasteiger partial charge is 0.463 e. The van der Waals surface area contributed by atoms with Crippen LogP contribution in [0.3, 0.4) is 0 Å². The molecule has 1 saturated heterocycles. The zero-order valence-electron chi connectivity index (χ0n) is 17.3. The molecule has 30 heavy (non-hydrogen) atoms. The van der Waals surface area contributed by atoms with Gasteiger partial charge in [-0.05, 0) is 24.3 Å². The lowest BCUT2D eigenvalue weighted by atomic mass is 10.1. The molecule has 4 rings (SSSR count). The second-order valence-corrected chi connectivity index (χ2v) is 8.38. The number of piperazine rings is 1. The first-order valence-electron chi connectivity index (χ1n) is 10.3. The molecule has 2 heterocycles. The first kappa shape index (κ1) is 20.9. The van der Waals surface area contributed by atoms with Gasteiger partial charge in [0.05, 0.1) is 18.9 Å². The van der Waals surface area contributed by atoms with Gasteiger partial charge in [-0.15, -0.1) is 0 Å². The zero-order valence-corrected chi connectivity index (χ0v) is 18.1. The van der Waals surface area contributed by atoms with E-state index in [9.17, 15) is 4.79 Å². The number of rotatable bonds is 7. The molecule has 0 aliphatic carbocycles. The van der Waals surface area contributed by atoms with E-state index in [1.807, 2.05) is 12.3 Å². The first-order valence-corrected chi connectivity index (χ1v) is 11.1. The Kier molecular flexibility index (Phi) is 7.04. The van der Waals surface area contributed by atoms with Crippen molar-refractivity contribution in [3.63, 3.8) is 0 Å². The molecular weight excluding hydrogens is 398 g/mol. The van der Waals surface area contributed by atoms with Gasteiger partial charge >= 0.3 is 5.97 Å². The Morgan fingerprint density at radius 1 is 1.00 bits per heavy atom. The molecule has 7 heteroatoms. The molecule has 0 saturated carbocycles. The van der Waals surface area contributed by atoms with Gasteiger partial charge in [0.2, 0.25) is 0 Å². The van der Waals surface area contributed by atoms with Gasteiger partial charge in [0, 0.05) is 66.9 Å². The monoisotopic (exact) mass is 425 g/mol. The lowest BCUT2D eigenvalue weighted by molar-refractivity contribution is -0.142. The van der Waals surface area contributed by atoms with Crippen molar-refractivity contribution >= 4 is 35.3 Å². The quantitative estimate of drug-likeness (QED) is 0.426. The Morgan fingerprint density at radius 3 is 2.63 bits per heavy atom. The van der Waals surface area contributed by atoms with Crippen molar-refractivity contribution in [1.82, 2.24) is 4.90 Å². The molecule has 158 valence electrons. The van der Waals surface area contributed by atoms with Gasteiger partial charge in [-0.25, -0.2) is 0 Å². The van der Waals surface area contributed by atoms with Crippen molar-refractivity contribution in [1.29, 1.82) is 0 Å². The standard InChI is InChI=1S/C23H27N3O3S/c1-18(27)29-16-15-28-14-13-25-9-11-26(12-10-25)21-6-4-8-22-19(21)17-24-20-5-2-3-7-23(20)30-22/h2-8,17H,9-16H2,1H3. The van der Waals surface area contributed by atoms with Gasteiger partial charge in [0.15, 0.2) is 0 Å². The van der Waals surface area contributed by atoms with Crippen molar-refractivity contribution in [3.05, 3.63) is 48.0 Å². The number of nitrogens with zero attached hydrogens (tertiary/aromatic N) is 3. The van der Waals surface area contributed by atoms with Crippen LogP contribution in [-0.4, -0.2) is 69.6 Å². The Labute approximate surface area is 181 Å². The molecular formula is C23H27N3O3S. The summed E-state index contributed by atoms with van der Waals surface area (Å²) >= 11 is 1.79. The minimum absolute atomic E-state index is 0.263. The van der Waals surface area contributed by atoms with Crippen LogP contribution in [0.2, 0.25) is 0 Å². The number of esters is 1. The van der Waals surface area contributed by atoms with Crippen LogP contribution in [0.5, 0.6) is 0 Å². The van der Waals surface area contributed by atoms with Crippen LogP contribution in [0.4, 0.5) is 11.4 Å². The predicted molar refractivity (Wildman–Crippen MR) is 120 cm³/mol. The maximum Gasteiger partial charge on any atom is 0.302 e. The Bertz CT molecular complexity index is 910. The summed E-state index contributed by atoms with van der Waals surface area (Å²) in [6, 6.07) is 14.8. The SMILES string of the molecule is CC(=O)OCCOCCN1CCN(c2cccc3c2C=Nc2ccccc2S3)CC1. The number of carbonyl (C=O) groups excluding carboxylic acids is 1. The van der Waals surface area contributed by atoms with Gasteiger partial charge in [-0.2, -0.15) is 0 Å². The Balaban J connectivity index is 1.32. The second kappa shape index (κ2) is 10.1. The van der Waals surface area contributed by atoms with Crippen LogP contribution in [0, 0.1) is 0 Å². The highest BCUT2D eigenvalue weighted by molar-refractivity contribution is 7.99. The second-order valence-electron chi connectivity index (χ2n) is 7.30. The van der Waals surface area contributed by atoms with E-state index >= 15 is 0 Å². The van der Waals surface area contributed by atoms with Crippen LogP contribution in [0.1, 0.15) is 12.5 Å². The average Bonchev–Trinajstić information content (AvgIpc) is 2.95. The number of anilines is 1. The maximum absolute atomic E-state index is 10.7. The number of hydrogen-bond acceptors (Lipinski definition) is 7. The molecule has 6 nitrogen and oxygen atoms in total. The van der Waals surface area contributed by atoms with E-state index in [2.05, 4.69) is 46.2 Å². The van der Waals surface area contributed by atoms with Gasteiger partial charge in [0.25, 0.3) is 0 Å². The number of benzene rings is 2. The van der Waals surface area contributed by atoms with Crippen LogP contribution < -0.4 is 4.90 Å². The molecule has 2 aliphatic rings. The van der Waals surface area contributed by atoms with Crippen LogP contribution in [-0.2, 0) is 14.3 Å². The van der Waals surface area contributed by atoms with Crippen LogP contribution in [0.15, 0.2) is 57.2 Å². The number of carbonyl (C=O) groups is 1. The van der Waals surface area contributed by atoms with Crippen molar-refractivity contribution in [3.8, 4) is 0 Å². The molecule has 0 atom stereocenters. The molecule has 2 aliphatic heterocycles. The third kappa shape index (κ3) is 5.22. The molecule has 0 amide bonds. The minimum atomic E-state index is -0.263. The first-order chi connectivity index (χ1) is 14.7. The Hall–Kier alpha value is -2.35. The summed E-state index contributed by atoms with van der Waals surface area (Å²) in [7, 11) is 0. The average molecular weight is 426 g/mol. The number of ether oxygens (including phenoxy) is 2. The van der Waals surface area contributed by atoms with Gasteiger partial charge < -0.3 is 14.4 Å². The fourth-order valence-corrected chi connectivity index (χ4v) is 4.70. The highest BCUT2D eigenvalue weighted by atomic mass is 32.2. The molecule has 0 radical (unpaired) electrons. The van der Waals surface area contributed by atoms with E-state index in [1.54, 1.807) is 11.8 Å². The maximum atomic E-state index is 10.7. The Morgan fingerprint density at radius 2 is 1.80 bits per heavy atom. The number of hydrogen-bond donors (Lipinski definition) is 0. The van der Waals surface area contributed by atoms with E-state index in [0.717, 1.165) is 38.4 Å². The summed E-state index contributed by atoms with van der Waals surface area (Å²) in [6.45, 7) is 7.71. The molecule has 0 unspecified atom stereocenters. The van der Waals surface area contributed by atoms with Crippen molar-refractivity contribution < 1.29 is 14.3 Å². The summed E-state index contributed by atoms with van der Waals surface area (Å²) in [6.07, 6.45) is 2.02. The third-order valence-corrected chi connectivity index (χ3v) is 6.40. The number of fused-ring (bicyclic) bond motifs is 2. The van der Waals surface area contributed by atoms with Gasteiger partial charge in [0.1, 0.15) is 6.61 Å². The summed E-state index contributed by atoms with van der Waals surface area (Å²) in [5.41, 5.74) is 3.50.